The highest BCUT2D eigenvalue weighted by atomic mass is 27.1. The summed E-state index contributed by atoms with van der Waals surface area (Å²) in [4.78, 5) is 16.9. The molecular weight excluding hydrogens is 301 g/mol. The zero-order chi connectivity index (χ0) is 16.5. The molecule has 0 N–H and O–H groups in total. The first kappa shape index (κ1) is 18.0. The fourth-order valence-electron chi connectivity index (χ4n) is 2.88. The third kappa shape index (κ3) is 5.06. The number of unbranched alkanes of at least 4 members (excludes halogenated alkanes) is 6. The Bertz CT molecular complexity index is 642. The normalized spacial score (nSPS) is 10.8. The predicted octanol–water partition coefficient (Wildman–Crippen LogP) is 4.75. The summed E-state index contributed by atoms with van der Waals surface area (Å²) < 4.78 is 5.36. The van der Waals surface area contributed by atoms with Gasteiger partial charge in [0, 0.05) is 23.6 Å². The molecule has 3 nitrogen and oxygen atoms in total. The Labute approximate surface area is 147 Å². The van der Waals surface area contributed by atoms with E-state index in [2.05, 4.69) is 11.9 Å². The average Bonchev–Trinajstić information content (AvgIpc) is 2.59. The van der Waals surface area contributed by atoms with Crippen molar-refractivity contribution in [3.63, 3.8) is 0 Å². The molecule has 0 saturated heterocycles. The van der Waals surface area contributed by atoms with Gasteiger partial charge < -0.3 is 3.79 Å². The van der Waals surface area contributed by atoms with Gasteiger partial charge in [0.05, 0.1) is 0 Å². The quantitative estimate of drug-likeness (QED) is 0.359. The molecular formula is C19H25AlNO2. The van der Waals surface area contributed by atoms with E-state index in [4.69, 9.17) is 3.79 Å². The van der Waals surface area contributed by atoms with E-state index in [0.717, 1.165) is 35.1 Å². The monoisotopic (exact) mass is 326 g/mol. The maximum atomic E-state index is 12.5. The molecule has 1 heterocycles. The number of benzene rings is 1. The van der Waals surface area contributed by atoms with Crippen LogP contribution in [0.2, 0.25) is 0 Å². The molecule has 0 aliphatic carbocycles. The van der Waals surface area contributed by atoms with Gasteiger partial charge in [-0.2, -0.15) is 0 Å². The van der Waals surface area contributed by atoms with Gasteiger partial charge in [0.2, 0.25) is 0 Å². The smallest absolute Gasteiger partial charge is 0.494 e. The third-order valence-corrected chi connectivity index (χ3v) is 4.51. The number of aromatic nitrogens is 1. The summed E-state index contributed by atoms with van der Waals surface area (Å²) in [5.41, 5.74) is 1.54. The molecule has 0 amide bonds. The molecule has 23 heavy (non-hydrogen) atoms. The second kappa shape index (κ2) is 9.70. The molecule has 2 aromatic rings. The van der Waals surface area contributed by atoms with Crippen molar-refractivity contribution < 1.29 is 8.58 Å². The van der Waals surface area contributed by atoms with Crippen molar-refractivity contribution in [3.8, 4) is 5.75 Å². The van der Waals surface area contributed by atoms with Gasteiger partial charge in [-0.05, 0) is 24.6 Å². The summed E-state index contributed by atoms with van der Waals surface area (Å²) >= 11 is 1.43. The molecule has 1 aromatic heterocycles. The van der Waals surface area contributed by atoms with Crippen molar-refractivity contribution in [3.05, 3.63) is 36.0 Å². The van der Waals surface area contributed by atoms with Crippen LogP contribution in [0.4, 0.5) is 0 Å². The molecule has 0 fully saturated rings. The number of nitrogens with zero attached hydrogens (tertiary/aromatic N) is 1. The third-order valence-electron chi connectivity index (χ3n) is 4.20. The standard InChI is InChI=1S/C19H25NO2.Al.H/c1-2-3-4-5-6-7-8-11-17(21)15-12-13-18(22)19-16(15)10-9-14-20-19;;/h9-10,12-14,22H,2-8,11H2,1H3;;/q;+1;/p-1. The first-order valence-electron chi connectivity index (χ1n) is 8.61. The van der Waals surface area contributed by atoms with E-state index in [1.807, 2.05) is 24.3 Å². The molecule has 0 saturated carbocycles. The molecule has 0 spiro atoms. The second-order valence-corrected chi connectivity index (χ2v) is 6.24. The fraction of sp³-hybridized carbons (Fsp3) is 0.474. The fourth-order valence-corrected chi connectivity index (χ4v) is 3.12. The minimum atomic E-state index is 0.210. The van der Waals surface area contributed by atoms with E-state index in [9.17, 15) is 4.79 Å². The molecule has 4 heteroatoms. The lowest BCUT2D eigenvalue weighted by Crippen LogP contribution is -2.01. The summed E-state index contributed by atoms with van der Waals surface area (Å²) in [5.74, 6) is 0.938. The Morgan fingerprint density at radius 3 is 2.57 bits per heavy atom. The van der Waals surface area contributed by atoms with Crippen LogP contribution in [0.15, 0.2) is 30.5 Å². The first-order valence-corrected chi connectivity index (χ1v) is 9.18. The zero-order valence-corrected chi connectivity index (χ0v) is 15.4. The largest absolute Gasteiger partial charge is 0.649 e. The van der Waals surface area contributed by atoms with E-state index in [-0.39, 0.29) is 5.78 Å². The SMILES string of the molecule is CCCCCCCCCC(=O)c1ccc([O][AlH])c2ncccc12. The van der Waals surface area contributed by atoms with Gasteiger partial charge in [0.25, 0.3) is 0 Å². The molecule has 0 atom stereocenters. The van der Waals surface area contributed by atoms with Crippen LogP contribution >= 0.6 is 0 Å². The van der Waals surface area contributed by atoms with Crippen LogP contribution in [0.25, 0.3) is 10.9 Å². The van der Waals surface area contributed by atoms with Crippen molar-refractivity contribution in [2.24, 2.45) is 0 Å². The summed E-state index contributed by atoms with van der Waals surface area (Å²) in [6.45, 7) is 2.23. The lowest BCUT2D eigenvalue weighted by molar-refractivity contribution is 0.0980. The summed E-state index contributed by atoms with van der Waals surface area (Å²) in [5, 5.41) is 0.893. The minimum absolute atomic E-state index is 0.210. The molecule has 1 aromatic carbocycles. The van der Waals surface area contributed by atoms with Crippen molar-refractivity contribution in [2.75, 3.05) is 0 Å². The van der Waals surface area contributed by atoms with Gasteiger partial charge in [-0.25, -0.2) is 0 Å². The predicted molar refractivity (Wildman–Crippen MR) is 96.5 cm³/mol. The van der Waals surface area contributed by atoms with Crippen molar-refractivity contribution >= 4 is 33.3 Å². The van der Waals surface area contributed by atoms with Crippen molar-refractivity contribution in [1.29, 1.82) is 0 Å². The maximum absolute atomic E-state index is 12.5. The Kier molecular flexibility index (Phi) is 7.58. The summed E-state index contributed by atoms with van der Waals surface area (Å²) in [6, 6.07) is 7.54. The molecule has 1 radical (unpaired) electrons. The van der Waals surface area contributed by atoms with Gasteiger partial charge in [0.1, 0.15) is 11.3 Å². The molecule has 0 bridgehead atoms. The highest BCUT2D eigenvalue weighted by Gasteiger charge is 2.12. The highest BCUT2D eigenvalue weighted by Crippen LogP contribution is 2.27. The maximum Gasteiger partial charge on any atom is 0.494 e. The van der Waals surface area contributed by atoms with Crippen molar-refractivity contribution in [2.45, 2.75) is 58.3 Å². The number of hydrogen-bond acceptors (Lipinski definition) is 3. The number of carbonyl (C=O) groups excluding carboxylic acids is 1. The lowest BCUT2D eigenvalue weighted by Gasteiger charge is -2.10. The van der Waals surface area contributed by atoms with Crippen LogP contribution in [-0.4, -0.2) is 27.4 Å². The van der Waals surface area contributed by atoms with E-state index >= 15 is 0 Å². The Hall–Kier alpha value is -1.37. The number of pyridine rings is 1. The molecule has 0 aliphatic heterocycles. The van der Waals surface area contributed by atoms with Crippen LogP contribution in [0.1, 0.15) is 68.6 Å². The van der Waals surface area contributed by atoms with Gasteiger partial charge in [-0.3, -0.25) is 9.78 Å². The molecule has 121 valence electrons. The molecule has 0 aliphatic rings. The topological polar surface area (TPSA) is 39.2 Å². The number of ketones is 1. The Morgan fingerprint density at radius 2 is 1.83 bits per heavy atom. The molecule has 2 rings (SSSR count). The van der Waals surface area contributed by atoms with Crippen LogP contribution in [-0.2, 0) is 0 Å². The van der Waals surface area contributed by atoms with Gasteiger partial charge in [-0.1, -0.05) is 51.5 Å². The molecule has 0 unspecified atom stereocenters. The van der Waals surface area contributed by atoms with Gasteiger partial charge in [-0.15, -0.1) is 0 Å². The Morgan fingerprint density at radius 1 is 1.09 bits per heavy atom. The van der Waals surface area contributed by atoms with Crippen LogP contribution < -0.4 is 3.79 Å². The van der Waals surface area contributed by atoms with Gasteiger partial charge in [0.15, 0.2) is 5.78 Å². The van der Waals surface area contributed by atoms with Crippen LogP contribution in [0, 0.1) is 0 Å². The zero-order valence-electron chi connectivity index (χ0n) is 14.0. The second-order valence-electron chi connectivity index (χ2n) is 5.95. The van der Waals surface area contributed by atoms with Crippen molar-refractivity contribution in [1.82, 2.24) is 4.98 Å². The van der Waals surface area contributed by atoms with E-state index in [1.165, 1.54) is 48.7 Å². The lowest BCUT2D eigenvalue weighted by atomic mass is 9.99. The number of carbonyl (C=O) groups is 1. The van der Waals surface area contributed by atoms with E-state index in [1.54, 1.807) is 6.20 Å². The highest BCUT2D eigenvalue weighted by molar-refractivity contribution is 6.09. The number of Topliss-reactive ketones (excluding diaryl/α,β-unsaturated/α-hetero) is 1. The van der Waals surface area contributed by atoms with Gasteiger partial charge >= 0.3 is 16.6 Å². The first-order chi connectivity index (χ1) is 11.3. The number of fused-ring (bicyclic) bond motifs is 1. The average molecular weight is 326 g/mol. The number of rotatable bonds is 10. The van der Waals surface area contributed by atoms with E-state index < -0.39 is 0 Å². The summed E-state index contributed by atoms with van der Waals surface area (Å²) in [7, 11) is 0. The van der Waals surface area contributed by atoms with Crippen LogP contribution in [0.3, 0.4) is 0 Å². The van der Waals surface area contributed by atoms with Crippen LogP contribution in [0.5, 0.6) is 5.75 Å². The summed E-state index contributed by atoms with van der Waals surface area (Å²) in [6.07, 6.45) is 10.9. The Balaban J connectivity index is 1.94. The van der Waals surface area contributed by atoms with E-state index in [0.29, 0.717) is 6.42 Å². The minimum Gasteiger partial charge on any atom is -0.649 e. The number of hydrogen-bond donors (Lipinski definition) is 0.